The van der Waals surface area contributed by atoms with E-state index in [0.717, 1.165) is 11.8 Å². The average Bonchev–Trinajstić information content (AvgIpc) is 3.11. The molecule has 0 unspecified atom stereocenters. The Hall–Kier alpha value is -3.27. The van der Waals surface area contributed by atoms with Gasteiger partial charge in [0.1, 0.15) is 5.52 Å². The summed E-state index contributed by atoms with van der Waals surface area (Å²) in [5.74, 6) is -1.37. The second-order valence-electron chi connectivity index (χ2n) is 6.93. The van der Waals surface area contributed by atoms with Crippen LogP contribution in [0.3, 0.4) is 0 Å². The molecule has 0 aliphatic carbocycles. The summed E-state index contributed by atoms with van der Waals surface area (Å²) in [4.78, 5) is 25.2. The zero-order chi connectivity index (χ0) is 22.1. The number of rotatable bonds is 6. The predicted octanol–water partition coefficient (Wildman–Crippen LogP) is 2.80. The molecule has 10 heteroatoms. The minimum atomic E-state index is -3.99. The highest BCUT2D eigenvalue weighted by molar-refractivity contribution is 7.92. The van der Waals surface area contributed by atoms with Crippen LogP contribution in [-0.2, 0) is 14.8 Å². The summed E-state index contributed by atoms with van der Waals surface area (Å²) in [6.45, 7) is 5.75. The van der Waals surface area contributed by atoms with Crippen LogP contribution in [0.15, 0.2) is 42.5 Å². The summed E-state index contributed by atoms with van der Waals surface area (Å²) in [6, 6.07) is 10.5. The number of esters is 1. The first-order chi connectivity index (χ1) is 14.1. The number of benzene rings is 2. The van der Waals surface area contributed by atoms with Gasteiger partial charge in [-0.2, -0.15) is 0 Å². The van der Waals surface area contributed by atoms with E-state index in [4.69, 9.17) is 4.74 Å². The molecule has 0 bridgehead atoms. The van der Waals surface area contributed by atoms with Crippen LogP contribution in [0.25, 0.3) is 11.0 Å². The minimum Gasteiger partial charge on any atom is -0.462 e. The lowest BCUT2D eigenvalue weighted by molar-refractivity contribution is 0.0526. The number of ether oxygens (including phenoxy) is 1. The van der Waals surface area contributed by atoms with Gasteiger partial charge in [-0.3, -0.25) is 4.79 Å². The van der Waals surface area contributed by atoms with E-state index in [0.29, 0.717) is 9.82 Å². The van der Waals surface area contributed by atoms with Gasteiger partial charge in [0.2, 0.25) is 10.0 Å². The second-order valence-corrected chi connectivity index (χ2v) is 8.77. The largest absolute Gasteiger partial charge is 0.462 e. The Morgan fingerprint density at radius 2 is 1.87 bits per heavy atom. The molecule has 0 radical (unpaired) electrons. The van der Waals surface area contributed by atoms with Crippen molar-refractivity contribution >= 4 is 38.6 Å². The summed E-state index contributed by atoms with van der Waals surface area (Å²) in [5, 5.41) is 8.13. The lowest BCUT2D eigenvalue weighted by atomic mass is 10.1. The second kappa shape index (κ2) is 8.23. The SMILES string of the molecule is CCOC(=O)c1cccc(N(C(=O)c2ccc3c(c2)nnn3C(C)C)S(C)(=O)=O)c1. The zero-order valence-corrected chi connectivity index (χ0v) is 17.9. The molecule has 9 nitrogen and oxygen atoms in total. The van der Waals surface area contributed by atoms with Crippen molar-refractivity contribution in [3.8, 4) is 0 Å². The molecule has 0 aliphatic heterocycles. The smallest absolute Gasteiger partial charge is 0.338 e. The van der Waals surface area contributed by atoms with Gasteiger partial charge in [-0.1, -0.05) is 11.3 Å². The van der Waals surface area contributed by atoms with Crippen LogP contribution < -0.4 is 4.31 Å². The van der Waals surface area contributed by atoms with Gasteiger partial charge in [0, 0.05) is 11.6 Å². The van der Waals surface area contributed by atoms with E-state index < -0.39 is 21.9 Å². The molecule has 1 amide bonds. The monoisotopic (exact) mass is 430 g/mol. The van der Waals surface area contributed by atoms with E-state index in [9.17, 15) is 18.0 Å². The normalized spacial score (nSPS) is 11.6. The fraction of sp³-hybridized carbons (Fsp3) is 0.300. The fourth-order valence-electron chi connectivity index (χ4n) is 3.01. The highest BCUT2D eigenvalue weighted by atomic mass is 32.2. The molecular formula is C20H22N4O5S. The molecule has 0 saturated heterocycles. The number of nitrogens with zero attached hydrogens (tertiary/aromatic N) is 4. The zero-order valence-electron chi connectivity index (χ0n) is 17.1. The number of amides is 1. The molecule has 0 aliphatic rings. The summed E-state index contributed by atoms with van der Waals surface area (Å²) in [7, 11) is -3.99. The Morgan fingerprint density at radius 3 is 2.50 bits per heavy atom. The van der Waals surface area contributed by atoms with Crippen molar-refractivity contribution in [1.82, 2.24) is 15.0 Å². The Balaban J connectivity index is 2.05. The van der Waals surface area contributed by atoms with E-state index in [1.807, 2.05) is 13.8 Å². The van der Waals surface area contributed by atoms with Gasteiger partial charge in [-0.15, -0.1) is 5.10 Å². The molecule has 0 saturated carbocycles. The van der Waals surface area contributed by atoms with Crippen LogP contribution in [-0.4, -0.2) is 48.2 Å². The molecule has 30 heavy (non-hydrogen) atoms. The molecule has 0 fully saturated rings. The highest BCUT2D eigenvalue weighted by Gasteiger charge is 2.28. The van der Waals surface area contributed by atoms with E-state index in [1.54, 1.807) is 17.7 Å². The summed E-state index contributed by atoms with van der Waals surface area (Å²) in [5.41, 5.74) is 1.52. The third kappa shape index (κ3) is 4.18. The standard InChI is InChI=1S/C20H22N4O5S/c1-5-29-20(26)15-7-6-8-16(11-15)24(30(4,27)28)19(25)14-9-10-18-17(12-14)21-22-23(18)13(2)3/h6-13H,5H2,1-4H3. The number of aromatic nitrogens is 3. The van der Waals surface area contributed by atoms with Crippen molar-refractivity contribution in [1.29, 1.82) is 0 Å². The van der Waals surface area contributed by atoms with Gasteiger partial charge in [0.15, 0.2) is 0 Å². The first kappa shape index (κ1) is 21.4. The van der Waals surface area contributed by atoms with E-state index in [2.05, 4.69) is 10.3 Å². The average molecular weight is 430 g/mol. The molecule has 0 spiro atoms. The van der Waals surface area contributed by atoms with Gasteiger partial charge in [-0.25, -0.2) is 22.2 Å². The molecule has 0 atom stereocenters. The quantitative estimate of drug-likeness (QED) is 0.553. The summed E-state index contributed by atoms with van der Waals surface area (Å²) >= 11 is 0. The maximum absolute atomic E-state index is 13.2. The number of anilines is 1. The van der Waals surface area contributed by atoms with Gasteiger partial charge in [0.25, 0.3) is 5.91 Å². The molecule has 3 aromatic rings. The van der Waals surface area contributed by atoms with Crippen LogP contribution in [0.4, 0.5) is 5.69 Å². The molecule has 0 N–H and O–H groups in total. The van der Waals surface area contributed by atoms with E-state index in [-0.39, 0.29) is 29.5 Å². The molecular weight excluding hydrogens is 408 g/mol. The van der Waals surface area contributed by atoms with Gasteiger partial charge in [0.05, 0.1) is 29.6 Å². The van der Waals surface area contributed by atoms with Gasteiger partial charge >= 0.3 is 5.97 Å². The first-order valence-corrected chi connectivity index (χ1v) is 11.1. The molecule has 3 rings (SSSR count). The van der Waals surface area contributed by atoms with Crippen LogP contribution in [0.1, 0.15) is 47.5 Å². The fourth-order valence-corrected chi connectivity index (χ4v) is 3.91. The lowest BCUT2D eigenvalue weighted by Crippen LogP contribution is -2.36. The molecule has 1 aromatic heterocycles. The number of sulfonamides is 1. The Bertz CT molecular complexity index is 1220. The number of carbonyl (C=O) groups excluding carboxylic acids is 2. The number of fused-ring (bicyclic) bond motifs is 1. The van der Waals surface area contributed by atoms with Crippen molar-refractivity contribution in [3.63, 3.8) is 0 Å². The number of hydrogen-bond acceptors (Lipinski definition) is 7. The topological polar surface area (TPSA) is 111 Å². The summed E-state index contributed by atoms with van der Waals surface area (Å²) < 4.78 is 32.3. The number of hydrogen-bond donors (Lipinski definition) is 0. The van der Waals surface area contributed by atoms with Crippen molar-refractivity contribution in [2.24, 2.45) is 0 Å². The van der Waals surface area contributed by atoms with Crippen molar-refractivity contribution in [2.45, 2.75) is 26.8 Å². The Morgan fingerprint density at radius 1 is 1.13 bits per heavy atom. The molecule has 1 heterocycles. The maximum atomic E-state index is 13.2. The number of carbonyl (C=O) groups is 2. The molecule has 2 aromatic carbocycles. The predicted molar refractivity (Wildman–Crippen MR) is 112 cm³/mol. The van der Waals surface area contributed by atoms with Crippen molar-refractivity contribution in [2.75, 3.05) is 17.2 Å². The van der Waals surface area contributed by atoms with Crippen LogP contribution >= 0.6 is 0 Å². The van der Waals surface area contributed by atoms with E-state index in [1.165, 1.54) is 36.4 Å². The van der Waals surface area contributed by atoms with Crippen molar-refractivity contribution < 1.29 is 22.7 Å². The van der Waals surface area contributed by atoms with Gasteiger partial charge < -0.3 is 4.74 Å². The van der Waals surface area contributed by atoms with Crippen LogP contribution in [0.5, 0.6) is 0 Å². The van der Waals surface area contributed by atoms with Crippen LogP contribution in [0.2, 0.25) is 0 Å². The van der Waals surface area contributed by atoms with E-state index >= 15 is 0 Å². The lowest BCUT2D eigenvalue weighted by Gasteiger charge is -2.21. The third-order valence-electron chi connectivity index (χ3n) is 4.32. The maximum Gasteiger partial charge on any atom is 0.338 e. The van der Waals surface area contributed by atoms with Crippen LogP contribution in [0, 0.1) is 0 Å². The third-order valence-corrected chi connectivity index (χ3v) is 5.35. The molecule has 158 valence electrons. The first-order valence-electron chi connectivity index (χ1n) is 9.30. The Labute approximate surface area is 174 Å². The highest BCUT2D eigenvalue weighted by Crippen LogP contribution is 2.24. The Kier molecular flexibility index (Phi) is 5.88. The van der Waals surface area contributed by atoms with Crippen molar-refractivity contribution in [3.05, 3.63) is 53.6 Å². The minimum absolute atomic E-state index is 0.0407. The summed E-state index contributed by atoms with van der Waals surface area (Å²) in [6.07, 6.45) is 0.926. The van der Waals surface area contributed by atoms with Gasteiger partial charge in [-0.05, 0) is 57.2 Å².